The van der Waals surface area contributed by atoms with E-state index >= 15 is 0 Å². The van der Waals surface area contributed by atoms with Gasteiger partial charge >= 0.3 is 0 Å². The number of aliphatic hydroxyl groups is 1. The summed E-state index contributed by atoms with van der Waals surface area (Å²) in [5.41, 5.74) is 0.535. The van der Waals surface area contributed by atoms with Crippen molar-refractivity contribution in [3.05, 3.63) is 29.8 Å². The molecule has 0 amide bonds. The number of hydrogen-bond acceptors (Lipinski definition) is 4. The summed E-state index contributed by atoms with van der Waals surface area (Å²) < 4.78 is 5.54. The highest BCUT2D eigenvalue weighted by Gasteiger charge is 2.23. The highest BCUT2D eigenvalue weighted by molar-refractivity contribution is 5.42. The molecular weight excluding hydrogens is 252 g/mol. The van der Waals surface area contributed by atoms with Crippen LogP contribution < -0.4 is 4.74 Å². The maximum Gasteiger partial charge on any atom is 0.137 e. The Morgan fingerprint density at radius 3 is 2.65 bits per heavy atom. The van der Waals surface area contributed by atoms with Gasteiger partial charge in [-0.15, -0.1) is 0 Å². The molecular formula is C16H24N2O2. The molecule has 0 aromatic heterocycles. The molecule has 1 unspecified atom stereocenters. The molecule has 20 heavy (non-hydrogen) atoms. The first-order chi connectivity index (χ1) is 9.40. The average molecular weight is 276 g/mol. The molecule has 1 atom stereocenters. The molecule has 1 aromatic rings. The Bertz CT molecular complexity index is 466. The minimum absolute atomic E-state index is 0.0472. The molecule has 0 bridgehead atoms. The third-order valence-corrected chi connectivity index (χ3v) is 3.82. The van der Waals surface area contributed by atoms with E-state index in [1.807, 2.05) is 13.1 Å². The number of benzene rings is 1. The van der Waals surface area contributed by atoms with Crippen LogP contribution in [0, 0.1) is 11.3 Å². The number of para-hydroxylation sites is 1. The minimum atomic E-state index is -0.586. The summed E-state index contributed by atoms with van der Waals surface area (Å²) in [5, 5.41) is 19.0. The van der Waals surface area contributed by atoms with Gasteiger partial charge in [-0.05, 0) is 39.4 Å². The van der Waals surface area contributed by atoms with Crippen LogP contribution in [0.1, 0.15) is 32.8 Å². The number of β-amino-alcohol motifs (C(OH)–C–C–N with tert-alkyl or cyclic N) is 1. The van der Waals surface area contributed by atoms with E-state index in [0.717, 1.165) is 6.42 Å². The van der Waals surface area contributed by atoms with E-state index in [1.165, 1.54) is 0 Å². The lowest BCUT2D eigenvalue weighted by Gasteiger charge is -2.36. The lowest BCUT2D eigenvalue weighted by atomic mass is 10.00. The Kier molecular flexibility index (Phi) is 6.00. The van der Waals surface area contributed by atoms with Gasteiger partial charge in [0, 0.05) is 12.1 Å². The van der Waals surface area contributed by atoms with E-state index in [0.29, 0.717) is 17.9 Å². The Labute approximate surface area is 121 Å². The van der Waals surface area contributed by atoms with Crippen molar-refractivity contribution in [3.8, 4) is 11.8 Å². The van der Waals surface area contributed by atoms with Crippen LogP contribution in [-0.4, -0.2) is 41.8 Å². The second kappa shape index (κ2) is 7.28. The fourth-order valence-corrected chi connectivity index (χ4v) is 1.76. The van der Waals surface area contributed by atoms with Gasteiger partial charge in [-0.25, -0.2) is 0 Å². The summed E-state index contributed by atoms with van der Waals surface area (Å²) in [4.78, 5) is 2.12. The number of ether oxygens (including phenoxy) is 1. The van der Waals surface area contributed by atoms with Crippen molar-refractivity contribution in [1.29, 1.82) is 5.26 Å². The molecule has 0 aliphatic heterocycles. The van der Waals surface area contributed by atoms with Crippen molar-refractivity contribution in [3.63, 3.8) is 0 Å². The number of hydrogen-bond donors (Lipinski definition) is 1. The fraction of sp³-hybridized carbons (Fsp3) is 0.562. The summed E-state index contributed by atoms with van der Waals surface area (Å²) in [5.74, 6) is 0.520. The predicted molar refractivity (Wildman–Crippen MR) is 79.7 cm³/mol. The van der Waals surface area contributed by atoms with E-state index in [2.05, 4.69) is 31.7 Å². The third-order valence-electron chi connectivity index (χ3n) is 3.82. The van der Waals surface area contributed by atoms with Crippen LogP contribution in [0.3, 0.4) is 0 Å². The number of nitrogens with zero attached hydrogens (tertiary/aromatic N) is 2. The largest absolute Gasteiger partial charge is 0.489 e. The SMILES string of the molecule is CCC(C)(C)N(C)CC(O)COc1ccccc1C#N. The first-order valence-corrected chi connectivity index (χ1v) is 6.92. The van der Waals surface area contributed by atoms with Gasteiger partial charge in [0.2, 0.25) is 0 Å². The Hall–Kier alpha value is -1.57. The van der Waals surface area contributed by atoms with Gasteiger partial charge in [-0.1, -0.05) is 19.1 Å². The van der Waals surface area contributed by atoms with E-state index in [9.17, 15) is 5.11 Å². The van der Waals surface area contributed by atoms with Crippen LogP contribution in [0.5, 0.6) is 5.75 Å². The molecule has 4 heteroatoms. The second-order valence-corrected chi connectivity index (χ2v) is 5.62. The molecule has 0 saturated carbocycles. The van der Waals surface area contributed by atoms with E-state index < -0.39 is 6.10 Å². The monoisotopic (exact) mass is 276 g/mol. The fourth-order valence-electron chi connectivity index (χ4n) is 1.76. The quantitative estimate of drug-likeness (QED) is 0.831. The van der Waals surface area contributed by atoms with Gasteiger partial charge < -0.3 is 9.84 Å². The normalized spacial score (nSPS) is 13.1. The summed E-state index contributed by atoms with van der Waals surface area (Å²) in [6, 6.07) is 9.13. The smallest absolute Gasteiger partial charge is 0.137 e. The van der Waals surface area contributed by atoms with Gasteiger partial charge in [0.15, 0.2) is 0 Å². The number of aliphatic hydroxyl groups excluding tert-OH is 1. The van der Waals surface area contributed by atoms with Crippen molar-refractivity contribution in [1.82, 2.24) is 4.90 Å². The third kappa shape index (κ3) is 4.52. The summed E-state index contributed by atoms with van der Waals surface area (Å²) >= 11 is 0. The van der Waals surface area contributed by atoms with Crippen LogP contribution in [0.15, 0.2) is 24.3 Å². The molecule has 1 aromatic carbocycles. The summed E-state index contributed by atoms with van der Waals surface area (Å²) in [7, 11) is 2.00. The molecule has 0 aliphatic rings. The lowest BCUT2D eigenvalue weighted by molar-refractivity contribution is 0.0406. The van der Waals surface area contributed by atoms with Crippen molar-refractivity contribution in [2.24, 2.45) is 0 Å². The zero-order chi connectivity index (χ0) is 15.2. The first kappa shape index (κ1) is 16.5. The van der Waals surface area contributed by atoms with Crippen molar-refractivity contribution in [2.75, 3.05) is 20.2 Å². The molecule has 1 rings (SSSR count). The molecule has 0 radical (unpaired) electrons. The Morgan fingerprint density at radius 2 is 2.05 bits per heavy atom. The van der Waals surface area contributed by atoms with Crippen molar-refractivity contribution < 1.29 is 9.84 Å². The van der Waals surface area contributed by atoms with Gasteiger partial charge in [0.1, 0.15) is 24.5 Å². The topological polar surface area (TPSA) is 56.5 Å². The predicted octanol–water partition coefficient (Wildman–Crippen LogP) is 2.42. The average Bonchev–Trinajstić information content (AvgIpc) is 2.45. The van der Waals surface area contributed by atoms with Crippen LogP contribution in [0.2, 0.25) is 0 Å². The zero-order valence-electron chi connectivity index (χ0n) is 12.8. The molecule has 1 N–H and O–H groups in total. The molecule has 0 heterocycles. The van der Waals surface area contributed by atoms with Gasteiger partial charge in [-0.3, -0.25) is 4.90 Å². The molecule has 110 valence electrons. The minimum Gasteiger partial charge on any atom is -0.489 e. The standard InChI is InChI=1S/C16H24N2O2/c1-5-16(2,3)18(4)11-14(19)12-20-15-9-7-6-8-13(15)10-17/h6-9,14,19H,5,11-12H2,1-4H3. The van der Waals surface area contributed by atoms with Crippen molar-refractivity contribution >= 4 is 0 Å². The zero-order valence-corrected chi connectivity index (χ0v) is 12.8. The Morgan fingerprint density at radius 1 is 1.40 bits per heavy atom. The highest BCUT2D eigenvalue weighted by atomic mass is 16.5. The number of nitriles is 1. The maximum absolute atomic E-state index is 10.1. The molecule has 0 spiro atoms. The van der Waals surface area contributed by atoms with Gasteiger partial charge in [0.25, 0.3) is 0 Å². The van der Waals surface area contributed by atoms with Crippen LogP contribution in [0.4, 0.5) is 0 Å². The summed E-state index contributed by atoms with van der Waals surface area (Å²) in [6.07, 6.45) is 0.423. The van der Waals surface area contributed by atoms with Gasteiger partial charge in [-0.2, -0.15) is 5.26 Å². The van der Waals surface area contributed by atoms with E-state index in [-0.39, 0.29) is 12.1 Å². The first-order valence-electron chi connectivity index (χ1n) is 6.92. The second-order valence-electron chi connectivity index (χ2n) is 5.62. The number of rotatable bonds is 7. The van der Waals surface area contributed by atoms with Gasteiger partial charge in [0.05, 0.1) is 5.56 Å². The maximum atomic E-state index is 10.1. The lowest BCUT2D eigenvalue weighted by Crippen LogP contribution is -2.45. The molecule has 0 aliphatic carbocycles. The summed E-state index contributed by atoms with van der Waals surface area (Å²) in [6.45, 7) is 7.14. The van der Waals surface area contributed by atoms with Crippen LogP contribution >= 0.6 is 0 Å². The number of likely N-dealkylation sites (N-methyl/N-ethyl adjacent to an activating group) is 1. The Balaban J connectivity index is 2.52. The molecule has 4 nitrogen and oxygen atoms in total. The van der Waals surface area contributed by atoms with E-state index in [4.69, 9.17) is 10.00 Å². The highest BCUT2D eigenvalue weighted by Crippen LogP contribution is 2.18. The van der Waals surface area contributed by atoms with E-state index in [1.54, 1.807) is 18.2 Å². The van der Waals surface area contributed by atoms with Crippen molar-refractivity contribution in [2.45, 2.75) is 38.8 Å². The molecule has 0 saturated heterocycles. The van der Waals surface area contributed by atoms with Crippen LogP contribution in [-0.2, 0) is 0 Å². The molecule has 0 fully saturated rings. The van der Waals surface area contributed by atoms with Crippen LogP contribution in [0.25, 0.3) is 0 Å².